The summed E-state index contributed by atoms with van der Waals surface area (Å²) in [6, 6.07) is 6.29. The Balaban J connectivity index is 2.32. The number of anilines is 1. The fraction of sp³-hybridized carbons (Fsp3) is 0.154. The van der Waals surface area contributed by atoms with Gasteiger partial charge in [-0.3, -0.25) is 9.59 Å². The van der Waals surface area contributed by atoms with Crippen molar-refractivity contribution in [1.82, 2.24) is 4.98 Å². The summed E-state index contributed by atoms with van der Waals surface area (Å²) in [7, 11) is 0. The summed E-state index contributed by atoms with van der Waals surface area (Å²) in [5.41, 5.74) is 0.344. The van der Waals surface area contributed by atoms with E-state index >= 15 is 0 Å². The minimum atomic E-state index is -1.01. The number of nitrogens with zero attached hydrogens (tertiary/aromatic N) is 2. The highest BCUT2D eigenvalue weighted by Gasteiger charge is 2.23. The van der Waals surface area contributed by atoms with Gasteiger partial charge in [0.15, 0.2) is 10.9 Å². The van der Waals surface area contributed by atoms with E-state index < -0.39 is 11.9 Å². The molecule has 0 radical (unpaired) electrons. The lowest BCUT2D eigenvalue weighted by Crippen LogP contribution is -2.33. The Morgan fingerprint density at radius 1 is 1.35 bits per heavy atom. The molecule has 7 heteroatoms. The number of amides is 1. The van der Waals surface area contributed by atoms with E-state index in [1.165, 1.54) is 23.4 Å². The van der Waals surface area contributed by atoms with Crippen LogP contribution in [0, 0.1) is 0 Å². The van der Waals surface area contributed by atoms with E-state index in [1.807, 2.05) is 0 Å². The molecule has 0 saturated carbocycles. The lowest BCUT2D eigenvalue weighted by atomic mass is 10.3. The lowest BCUT2D eigenvalue weighted by molar-refractivity contribution is -0.136. The number of carboxylic acid groups (broad SMARTS) is 1. The molecule has 0 spiro atoms. The van der Waals surface area contributed by atoms with Crippen molar-refractivity contribution in [3.05, 3.63) is 47.6 Å². The van der Waals surface area contributed by atoms with Crippen LogP contribution in [0.2, 0.25) is 5.15 Å². The first kappa shape index (κ1) is 14.1. The van der Waals surface area contributed by atoms with Crippen LogP contribution in [-0.4, -0.2) is 28.5 Å². The Hall–Kier alpha value is -2.34. The van der Waals surface area contributed by atoms with Crippen LogP contribution in [-0.2, 0) is 4.79 Å². The zero-order valence-electron chi connectivity index (χ0n) is 10.3. The fourth-order valence-electron chi connectivity index (χ4n) is 1.65. The summed E-state index contributed by atoms with van der Waals surface area (Å²) < 4.78 is 5.04. The van der Waals surface area contributed by atoms with Gasteiger partial charge in [0.05, 0.1) is 18.4 Å². The molecule has 104 valence electrons. The Morgan fingerprint density at radius 2 is 2.15 bits per heavy atom. The zero-order valence-corrected chi connectivity index (χ0v) is 11.1. The highest BCUT2D eigenvalue weighted by molar-refractivity contribution is 6.32. The predicted molar refractivity (Wildman–Crippen MR) is 71.9 cm³/mol. The Morgan fingerprint density at radius 3 is 2.75 bits per heavy atom. The van der Waals surface area contributed by atoms with E-state index in [-0.39, 0.29) is 23.9 Å². The third-order valence-electron chi connectivity index (χ3n) is 2.56. The molecular weight excluding hydrogens is 284 g/mol. The number of carbonyl (C=O) groups excluding carboxylic acids is 1. The van der Waals surface area contributed by atoms with Gasteiger partial charge in [-0.2, -0.15) is 0 Å². The molecule has 0 aliphatic rings. The lowest BCUT2D eigenvalue weighted by Gasteiger charge is -2.21. The summed E-state index contributed by atoms with van der Waals surface area (Å²) in [5, 5.41) is 8.90. The highest BCUT2D eigenvalue weighted by atomic mass is 35.5. The third-order valence-corrected chi connectivity index (χ3v) is 2.85. The molecule has 20 heavy (non-hydrogen) atoms. The Kier molecular flexibility index (Phi) is 4.37. The molecule has 1 N–H and O–H groups in total. The SMILES string of the molecule is O=C(O)CCN(C(=O)c1ccco1)c1cccnc1Cl. The first-order chi connectivity index (χ1) is 9.59. The van der Waals surface area contributed by atoms with Crippen LogP contribution in [0.5, 0.6) is 0 Å². The first-order valence-corrected chi connectivity index (χ1v) is 6.15. The van der Waals surface area contributed by atoms with Crippen LogP contribution >= 0.6 is 11.6 Å². The molecular formula is C13H11ClN2O4. The fourth-order valence-corrected chi connectivity index (χ4v) is 1.87. The Bertz CT molecular complexity index is 613. The molecule has 0 bridgehead atoms. The minimum Gasteiger partial charge on any atom is -0.481 e. The van der Waals surface area contributed by atoms with Crippen molar-refractivity contribution >= 4 is 29.2 Å². The summed E-state index contributed by atoms with van der Waals surface area (Å²) in [4.78, 5) is 28.2. The normalized spacial score (nSPS) is 10.2. The van der Waals surface area contributed by atoms with Gasteiger partial charge in [0.1, 0.15) is 0 Å². The van der Waals surface area contributed by atoms with E-state index in [0.717, 1.165) is 0 Å². The van der Waals surface area contributed by atoms with Gasteiger partial charge in [0, 0.05) is 12.7 Å². The molecule has 0 atom stereocenters. The second-order valence-corrected chi connectivity index (χ2v) is 4.25. The number of carboxylic acids is 1. The summed E-state index contributed by atoms with van der Waals surface area (Å²) >= 11 is 5.96. The second kappa shape index (κ2) is 6.21. The first-order valence-electron chi connectivity index (χ1n) is 5.77. The van der Waals surface area contributed by atoms with Gasteiger partial charge in [-0.25, -0.2) is 4.98 Å². The molecule has 0 unspecified atom stereocenters. The van der Waals surface area contributed by atoms with Gasteiger partial charge in [0.2, 0.25) is 0 Å². The summed E-state index contributed by atoms with van der Waals surface area (Å²) in [5.74, 6) is -1.37. The quantitative estimate of drug-likeness (QED) is 0.856. The van der Waals surface area contributed by atoms with E-state index in [1.54, 1.807) is 18.2 Å². The van der Waals surface area contributed by atoms with Crippen molar-refractivity contribution in [3.8, 4) is 0 Å². The molecule has 0 aliphatic carbocycles. The van der Waals surface area contributed by atoms with Gasteiger partial charge in [-0.1, -0.05) is 11.6 Å². The van der Waals surface area contributed by atoms with E-state index in [9.17, 15) is 9.59 Å². The average molecular weight is 295 g/mol. The zero-order chi connectivity index (χ0) is 14.5. The number of furan rings is 1. The van der Waals surface area contributed by atoms with Crippen LogP contribution < -0.4 is 4.90 Å². The molecule has 2 aromatic heterocycles. The van der Waals surface area contributed by atoms with Crippen LogP contribution in [0.25, 0.3) is 0 Å². The van der Waals surface area contributed by atoms with Gasteiger partial charge in [-0.05, 0) is 24.3 Å². The molecule has 0 saturated heterocycles. The number of halogens is 1. The van der Waals surface area contributed by atoms with Crippen molar-refractivity contribution in [1.29, 1.82) is 0 Å². The van der Waals surface area contributed by atoms with E-state index in [4.69, 9.17) is 21.1 Å². The number of rotatable bonds is 5. The van der Waals surface area contributed by atoms with E-state index in [0.29, 0.717) is 5.69 Å². The van der Waals surface area contributed by atoms with E-state index in [2.05, 4.69) is 4.98 Å². The molecule has 0 aromatic carbocycles. The van der Waals surface area contributed by atoms with Crippen molar-refractivity contribution in [2.24, 2.45) is 0 Å². The maximum atomic E-state index is 12.3. The maximum Gasteiger partial charge on any atom is 0.305 e. The highest BCUT2D eigenvalue weighted by Crippen LogP contribution is 2.25. The summed E-state index contributed by atoms with van der Waals surface area (Å²) in [6.07, 6.45) is 2.64. The molecule has 2 aromatic rings. The average Bonchev–Trinajstić information content (AvgIpc) is 2.94. The second-order valence-electron chi connectivity index (χ2n) is 3.89. The summed E-state index contributed by atoms with van der Waals surface area (Å²) in [6.45, 7) is -0.0275. The van der Waals surface area contributed by atoms with Gasteiger partial charge in [-0.15, -0.1) is 0 Å². The van der Waals surface area contributed by atoms with Crippen molar-refractivity contribution in [2.75, 3.05) is 11.4 Å². The number of hydrogen-bond donors (Lipinski definition) is 1. The minimum absolute atomic E-state index is 0.0275. The van der Waals surface area contributed by atoms with Crippen LogP contribution in [0.1, 0.15) is 17.0 Å². The van der Waals surface area contributed by atoms with Crippen LogP contribution in [0.4, 0.5) is 5.69 Å². The monoisotopic (exact) mass is 294 g/mol. The molecule has 0 fully saturated rings. The molecule has 0 aliphatic heterocycles. The van der Waals surface area contributed by atoms with Gasteiger partial charge >= 0.3 is 5.97 Å². The molecule has 2 heterocycles. The van der Waals surface area contributed by atoms with Crippen molar-refractivity contribution in [2.45, 2.75) is 6.42 Å². The van der Waals surface area contributed by atoms with Crippen molar-refractivity contribution in [3.63, 3.8) is 0 Å². The maximum absolute atomic E-state index is 12.3. The predicted octanol–water partition coefficient (Wildman–Crippen LogP) is 2.45. The third kappa shape index (κ3) is 3.16. The van der Waals surface area contributed by atoms with Gasteiger partial charge in [0.25, 0.3) is 5.91 Å². The number of pyridine rings is 1. The smallest absolute Gasteiger partial charge is 0.305 e. The number of aromatic nitrogens is 1. The van der Waals surface area contributed by atoms with Crippen molar-refractivity contribution < 1.29 is 19.1 Å². The topological polar surface area (TPSA) is 83.6 Å². The number of carbonyl (C=O) groups is 2. The Labute approximate surface area is 119 Å². The van der Waals surface area contributed by atoms with Gasteiger partial charge < -0.3 is 14.4 Å². The molecule has 2 rings (SSSR count). The standard InChI is InChI=1S/C13H11ClN2O4/c14-12-9(3-1-6-15-12)16(7-5-11(17)18)13(19)10-4-2-8-20-10/h1-4,6,8H,5,7H2,(H,17,18). The molecule has 1 amide bonds. The number of hydrogen-bond acceptors (Lipinski definition) is 4. The largest absolute Gasteiger partial charge is 0.481 e. The number of aliphatic carboxylic acids is 1. The van der Waals surface area contributed by atoms with Crippen LogP contribution in [0.3, 0.4) is 0 Å². The molecule has 6 nitrogen and oxygen atoms in total. The van der Waals surface area contributed by atoms with Crippen LogP contribution in [0.15, 0.2) is 41.1 Å².